The van der Waals surface area contributed by atoms with Gasteiger partial charge in [-0.15, -0.1) is 0 Å². The van der Waals surface area contributed by atoms with E-state index in [0.29, 0.717) is 23.0 Å². The second-order valence-corrected chi connectivity index (χ2v) is 5.95. The minimum absolute atomic E-state index is 0.177. The zero-order chi connectivity index (χ0) is 18.8. The average molecular weight is 364 g/mol. The molecule has 1 amide bonds. The number of amides is 1. The van der Waals surface area contributed by atoms with Gasteiger partial charge in [0.2, 0.25) is 12.7 Å². The number of ether oxygens (including phenoxy) is 2. The molecule has 8 nitrogen and oxygen atoms in total. The van der Waals surface area contributed by atoms with Gasteiger partial charge in [-0.2, -0.15) is 5.10 Å². The van der Waals surface area contributed by atoms with E-state index in [1.807, 2.05) is 6.07 Å². The number of carbonyl (C=O) groups excluding carboxylic acids is 1. The first kappa shape index (κ1) is 16.8. The normalized spacial score (nSPS) is 13.2. The van der Waals surface area contributed by atoms with Crippen LogP contribution in [0, 0.1) is 0 Å². The molecule has 27 heavy (non-hydrogen) atoms. The van der Waals surface area contributed by atoms with Crippen molar-refractivity contribution in [1.29, 1.82) is 0 Å². The summed E-state index contributed by atoms with van der Waals surface area (Å²) in [6.07, 6.45) is 1.57. The van der Waals surface area contributed by atoms with Crippen molar-refractivity contribution < 1.29 is 14.3 Å². The van der Waals surface area contributed by atoms with Gasteiger partial charge in [-0.05, 0) is 43.3 Å². The average Bonchev–Trinajstić information content (AvgIpc) is 3.16. The summed E-state index contributed by atoms with van der Waals surface area (Å²) in [5.74, 6) is 1.31. The minimum Gasteiger partial charge on any atom is -0.454 e. The molecule has 8 heteroatoms. The summed E-state index contributed by atoms with van der Waals surface area (Å²) in [7, 11) is 0. The summed E-state index contributed by atoms with van der Waals surface area (Å²) in [5, 5.41) is 7.03. The lowest BCUT2D eigenvalue weighted by Crippen LogP contribution is -2.33. The molecule has 0 aliphatic carbocycles. The molecule has 3 heterocycles. The van der Waals surface area contributed by atoms with Crippen LogP contribution in [0.1, 0.15) is 13.0 Å². The Morgan fingerprint density at radius 2 is 2.00 bits per heavy atom. The van der Waals surface area contributed by atoms with Gasteiger partial charge in [-0.25, -0.2) is 9.67 Å². The first-order valence-electron chi connectivity index (χ1n) is 8.33. The fourth-order valence-electron chi connectivity index (χ4n) is 2.69. The van der Waals surface area contributed by atoms with E-state index in [4.69, 9.17) is 9.47 Å². The Kier molecular flexibility index (Phi) is 4.29. The van der Waals surface area contributed by atoms with Crippen LogP contribution >= 0.6 is 0 Å². The summed E-state index contributed by atoms with van der Waals surface area (Å²) < 4.78 is 11.8. The molecule has 1 unspecified atom stereocenters. The Morgan fingerprint density at radius 3 is 2.81 bits per heavy atom. The van der Waals surface area contributed by atoms with Crippen molar-refractivity contribution in [2.24, 2.45) is 0 Å². The van der Waals surface area contributed by atoms with E-state index >= 15 is 0 Å². The highest BCUT2D eigenvalue weighted by Gasteiger charge is 2.19. The van der Waals surface area contributed by atoms with Crippen LogP contribution in [0.4, 0.5) is 5.82 Å². The quantitative estimate of drug-likeness (QED) is 0.763. The lowest BCUT2D eigenvalue weighted by molar-refractivity contribution is -0.119. The van der Waals surface area contributed by atoms with Crippen molar-refractivity contribution >= 4 is 11.7 Å². The third-order valence-electron chi connectivity index (χ3n) is 4.16. The van der Waals surface area contributed by atoms with E-state index in [-0.39, 0.29) is 18.3 Å². The number of nitrogens with one attached hydrogen (secondary N) is 1. The van der Waals surface area contributed by atoms with Gasteiger partial charge in [-0.1, -0.05) is 6.07 Å². The molecule has 0 spiro atoms. The second kappa shape index (κ2) is 6.91. The van der Waals surface area contributed by atoms with E-state index in [0.717, 1.165) is 10.2 Å². The van der Waals surface area contributed by atoms with E-state index in [9.17, 15) is 9.59 Å². The van der Waals surface area contributed by atoms with Gasteiger partial charge in [-0.3, -0.25) is 9.59 Å². The number of fused-ring (bicyclic) bond motifs is 1. The predicted molar refractivity (Wildman–Crippen MR) is 97.6 cm³/mol. The van der Waals surface area contributed by atoms with Crippen LogP contribution in [-0.2, 0) is 4.79 Å². The van der Waals surface area contributed by atoms with Crippen molar-refractivity contribution in [3.8, 4) is 22.8 Å². The fraction of sp³-hybridized carbons (Fsp3) is 0.158. The molecule has 136 valence electrons. The third kappa shape index (κ3) is 3.37. The molecule has 0 fully saturated rings. The maximum atomic E-state index is 12.5. The molecule has 0 saturated carbocycles. The number of hydrogen-bond donors (Lipinski definition) is 1. The van der Waals surface area contributed by atoms with Crippen molar-refractivity contribution in [1.82, 2.24) is 14.8 Å². The van der Waals surface area contributed by atoms with E-state index in [2.05, 4.69) is 15.4 Å². The summed E-state index contributed by atoms with van der Waals surface area (Å²) in [6, 6.07) is 12.8. The first-order chi connectivity index (χ1) is 13.1. The molecular weight excluding hydrogens is 348 g/mol. The highest BCUT2D eigenvalue weighted by molar-refractivity contribution is 5.92. The predicted octanol–water partition coefficient (Wildman–Crippen LogP) is 2.23. The smallest absolute Gasteiger partial charge is 0.267 e. The zero-order valence-electron chi connectivity index (χ0n) is 14.5. The molecule has 1 aromatic carbocycles. The van der Waals surface area contributed by atoms with Gasteiger partial charge < -0.3 is 14.8 Å². The molecule has 1 aliphatic rings. The lowest BCUT2D eigenvalue weighted by Gasteiger charge is -2.14. The molecule has 0 radical (unpaired) electrons. The van der Waals surface area contributed by atoms with Crippen LogP contribution in [-0.4, -0.2) is 27.5 Å². The van der Waals surface area contributed by atoms with Crippen LogP contribution in [0.3, 0.4) is 0 Å². The number of nitrogens with zero attached hydrogens (tertiary/aromatic N) is 3. The SMILES string of the molecule is CC(C(=O)Nc1ccccn1)n1nc(-c2ccc3c(c2)OCO3)ccc1=O. The molecule has 2 aromatic heterocycles. The molecule has 0 bridgehead atoms. The molecule has 4 rings (SSSR count). The summed E-state index contributed by atoms with van der Waals surface area (Å²) in [6.45, 7) is 1.78. The van der Waals surface area contributed by atoms with E-state index in [1.165, 1.54) is 6.07 Å². The molecular formula is C19H16N4O4. The third-order valence-corrected chi connectivity index (χ3v) is 4.16. The van der Waals surface area contributed by atoms with Crippen molar-refractivity contribution in [2.45, 2.75) is 13.0 Å². The summed E-state index contributed by atoms with van der Waals surface area (Å²) in [5.41, 5.74) is 0.930. The van der Waals surface area contributed by atoms with Gasteiger partial charge in [0.15, 0.2) is 11.5 Å². The largest absolute Gasteiger partial charge is 0.454 e. The fourth-order valence-corrected chi connectivity index (χ4v) is 2.69. The maximum Gasteiger partial charge on any atom is 0.267 e. The number of aromatic nitrogens is 3. The molecule has 1 aliphatic heterocycles. The minimum atomic E-state index is -0.812. The molecule has 0 saturated heterocycles. The van der Waals surface area contributed by atoms with Crippen molar-refractivity contribution in [3.05, 3.63) is 65.1 Å². The Morgan fingerprint density at radius 1 is 1.15 bits per heavy atom. The lowest BCUT2D eigenvalue weighted by atomic mass is 10.1. The maximum absolute atomic E-state index is 12.5. The standard InChI is InChI=1S/C19H16N4O4/c1-12(19(25)21-17-4-2-3-9-20-17)23-18(24)8-6-14(22-23)13-5-7-15-16(10-13)27-11-26-15/h2-10,12H,11H2,1H3,(H,20,21,25). The van der Waals surface area contributed by atoms with E-state index in [1.54, 1.807) is 49.5 Å². The second-order valence-electron chi connectivity index (χ2n) is 5.95. The summed E-state index contributed by atoms with van der Waals surface area (Å²) >= 11 is 0. The molecule has 1 N–H and O–H groups in total. The zero-order valence-corrected chi connectivity index (χ0v) is 14.5. The van der Waals surface area contributed by atoms with Crippen molar-refractivity contribution in [3.63, 3.8) is 0 Å². The Balaban J connectivity index is 1.62. The number of rotatable bonds is 4. The van der Waals surface area contributed by atoms with Crippen LogP contribution < -0.4 is 20.3 Å². The topological polar surface area (TPSA) is 95.3 Å². The molecule has 1 atom stereocenters. The Labute approximate surface area is 154 Å². The Bertz CT molecular complexity index is 1050. The van der Waals surface area contributed by atoms with Crippen LogP contribution in [0.25, 0.3) is 11.3 Å². The Hall–Kier alpha value is -3.68. The number of hydrogen-bond acceptors (Lipinski definition) is 6. The van der Waals surface area contributed by atoms with Gasteiger partial charge >= 0.3 is 0 Å². The number of pyridine rings is 1. The first-order valence-corrected chi connectivity index (χ1v) is 8.33. The van der Waals surface area contributed by atoms with Gasteiger partial charge in [0.05, 0.1) is 5.69 Å². The number of carbonyl (C=O) groups is 1. The van der Waals surface area contributed by atoms with E-state index < -0.39 is 6.04 Å². The monoisotopic (exact) mass is 364 g/mol. The summed E-state index contributed by atoms with van der Waals surface area (Å²) in [4.78, 5) is 28.8. The van der Waals surface area contributed by atoms with Crippen molar-refractivity contribution in [2.75, 3.05) is 12.1 Å². The highest BCUT2D eigenvalue weighted by atomic mass is 16.7. The number of anilines is 1. The van der Waals surface area contributed by atoms with Gasteiger partial charge in [0, 0.05) is 17.8 Å². The van der Waals surface area contributed by atoms with Gasteiger partial charge in [0.1, 0.15) is 11.9 Å². The highest BCUT2D eigenvalue weighted by Crippen LogP contribution is 2.35. The molecule has 3 aromatic rings. The van der Waals surface area contributed by atoms with Gasteiger partial charge in [0.25, 0.3) is 5.56 Å². The van der Waals surface area contributed by atoms with Crippen LogP contribution in [0.5, 0.6) is 11.5 Å². The number of benzene rings is 1. The van der Waals surface area contributed by atoms with Crippen LogP contribution in [0.2, 0.25) is 0 Å². The van der Waals surface area contributed by atoms with Crippen LogP contribution in [0.15, 0.2) is 59.5 Å².